The number of rotatable bonds is 0. The molecule has 2 N–H and O–H groups in total. The van der Waals surface area contributed by atoms with E-state index in [4.69, 9.17) is 0 Å². The summed E-state index contributed by atoms with van der Waals surface area (Å²) in [6, 6.07) is -0.157. The molecule has 0 saturated carbocycles. The Morgan fingerprint density at radius 2 is 1.25 bits per heavy atom. The van der Waals surface area contributed by atoms with Crippen molar-refractivity contribution in [1.29, 1.82) is 0 Å². The molecule has 6 aliphatic rings. The Balaban J connectivity index is 2.19. The monoisotopic (exact) mass is 218 g/mol. The van der Waals surface area contributed by atoms with E-state index >= 15 is 0 Å². The van der Waals surface area contributed by atoms with E-state index in [-0.39, 0.29) is 35.7 Å². The minimum atomic E-state index is -0.340. The summed E-state index contributed by atoms with van der Waals surface area (Å²) in [5.74, 6) is -0.728. The first kappa shape index (κ1) is 9.63. The maximum atomic E-state index is 11.9. The lowest BCUT2D eigenvalue weighted by Crippen LogP contribution is -2.63. The second-order valence-electron chi connectivity index (χ2n) is 4.85. The number of nitrogens with one attached hydrogen (secondary N) is 2. The van der Waals surface area contributed by atoms with Crippen LogP contribution in [0.2, 0.25) is 0 Å². The van der Waals surface area contributed by atoms with Gasteiger partial charge in [0, 0.05) is 0 Å². The number of carbonyl (C=O) groups is 2. The van der Waals surface area contributed by atoms with Crippen LogP contribution in [0, 0.1) is 11.8 Å². The highest BCUT2D eigenvalue weighted by atomic mass is 16.2. The fourth-order valence-electron chi connectivity index (χ4n) is 2.88. The maximum Gasteiger partial charge on any atom is 0.228 e. The lowest BCUT2D eigenvalue weighted by Gasteiger charge is -2.43. The first-order chi connectivity index (χ1) is 7.58. The molecule has 1 saturated heterocycles. The van der Waals surface area contributed by atoms with E-state index in [1.165, 1.54) is 0 Å². The zero-order valence-electron chi connectivity index (χ0n) is 9.28. The predicted molar refractivity (Wildman–Crippen MR) is 58.4 cm³/mol. The first-order valence-corrected chi connectivity index (χ1v) is 5.55. The van der Waals surface area contributed by atoms with Crippen molar-refractivity contribution in [2.45, 2.75) is 25.9 Å². The molecule has 0 spiro atoms. The molecular weight excluding hydrogens is 204 g/mol. The summed E-state index contributed by atoms with van der Waals surface area (Å²) in [4.78, 5) is 23.7. The summed E-state index contributed by atoms with van der Waals surface area (Å²) >= 11 is 0. The number of hydrogen-bond acceptors (Lipinski definition) is 2. The molecule has 4 nitrogen and oxygen atoms in total. The van der Waals surface area contributed by atoms with Gasteiger partial charge >= 0.3 is 0 Å². The first-order valence-electron chi connectivity index (χ1n) is 5.55. The Morgan fingerprint density at radius 1 is 0.875 bits per heavy atom. The van der Waals surface area contributed by atoms with Crippen LogP contribution in [0.3, 0.4) is 0 Å². The number of carbonyl (C=O) groups excluding carboxylic acids is 2. The Morgan fingerprint density at radius 3 is 1.62 bits per heavy atom. The molecule has 4 heteroatoms. The molecule has 0 unspecified atom stereocenters. The summed E-state index contributed by atoms with van der Waals surface area (Å²) in [6.45, 7) is 4.02. The lowest BCUT2D eigenvalue weighted by molar-refractivity contribution is -0.135. The van der Waals surface area contributed by atoms with Crippen LogP contribution in [-0.4, -0.2) is 23.9 Å². The molecule has 6 rings (SSSR count). The van der Waals surface area contributed by atoms with E-state index in [1.54, 1.807) is 0 Å². The predicted octanol–water partition coefficient (Wildman–Crippen LogP) is 0.122. The third-order valence-electron chi connectivity index (χ3n) is 3.79. The van der Waals surface area contributed by atoms with Crippen molar-refractivity contribution in [3.63, 3.8) is 0 Å². The average Bonchev–Trinajstić information content (AvgIpc) is 2.23. The molecule has 0 radical (unpaired) electrons. The molecule has 0 aromatic rings. The van der Waals surface area contributed by atoms with E-state index in [2.05, 4.69) is 10.6 Å². The Bertz CT molecular complexity index is 408. The summed E-state index contributed by atoms with van der Waals surface area (Å²) in [5, 5.41) is 5.98. The van der Waals surface area contributed by atoms with Gasteiger partial charge in [-0.1, -0.05) is 23.3 Å². The largest absolute Gasteiger partial charge is 0.347 e. The van der Waals surface area contributed by atoms with Crippen LogP contribution in [0.5, 0.6) is 0 Å². The van der Waals surface area contributed by atoms with Crippen molar-refractivity contribution in [3.05, 3.63) is 23.3 Å². The fraction of sp³-hybridized carbons (Fsp3) is 0.500. The third-order valence-corrected chi connectivity index (χ3v) is 3.79. The molecule has 16 heavy (non-hydrogen) atoms. The van der Waals surface area contributed by atoms with Crippen molar-refractivity contribution in [1.82, 2.24) is 10.6 Å². The van der Waals surface area contributed by atoms with Crippen molar-refractivity contribution in [2.24, 2.45) is 11.8 Å². The molecule has 0 aromatic heterocycles. The molecule has 2 amide bonds. The van der Waals surface area contributed by atoms with Crippen LogP contribution in [0.4, 0.5) is 0 Å². The molecule has 84 valence electrons. The third kappa shape index (κ3) is 1.10. The molecule has 4 atom stereocenters. The highest BCUT2D eigenvalue weighted by molar-refractivity contribution is 5.94. The summed E-state index contributed by atoms with van der Waals surface area (Å²) in [7, 11) is 0. The molecule has 4 bridgehead atoms. The zero-order chi connectivity index (χ0) is 11.4. The lowest BCUT2D eigenvalue weighted by atomic mass is 9.74. The number of hydrogen-bond donors (Lipinski definition) is 2. The molecule has 1 fully saturated rings. The minimum absolute atomic E-state index is 0.0239. The second kappa shape index (κ2) is 2.97. The zero-order valence-corrected chi connectivity index (χ0v) is 9.28. The van der Waals surface area contributed by atoms with Gasteiger partial charge in [0.05, 0.1) is 23.9 Å². The standard InChI is InChI=1S/C12H14N2O2/c1-5-3-7-8-4-6(2)10(14-12(8)16)9(5)13-11(7)15/h3-4,7-10H,1-2H3,(H,13,15)(H,14,16)/t7-,8+,9+,10-. The van der Waals surface area contributed by atoms with Crippen molar-refractivity contribution in [3.8, 4) is 0 Å². The van der Waals surface area contributed by atoms with Gasteiger partial charge in [-0.25, -0.2) is 0 Å². The van der Waals surface area contributed by atoms with Crippen LogP contribution in [0.1, 0.15) is 13.8 Å². The van der Waals surface area contributed by atoms with Crippen LogP contribution in [-0.2, 0) is 9.59 Å². The van der Waals surface area contributed by atoms with E-state index in [0.29, 0.717) is 0 Å². The summed E-state index contributed by atoms with van der Waals surface area (Å²) < 4.78 is 0. The molecular formula is C12H14N2O2. The summed E-state index contributed by atoms with van der Waals surface area (Å²) in [6.07, 6.45) is 3.89. The van der Waals surface area contributed by atoms with Gasteiger partial charge in [0.15, 0.2) is 0 Å². The van der Waals surface area contributed by atoms with E-state index in [9.17, 15) is 9.59 Å². The fourth-order valence-corrected chi connectivity index (χ4v) is 2.88. The van der Waals surface area contributed by atoms with Gasteiger partial charge in [0.1, 0.15) is 0 Å². The van der Waals surface area contributed by atoms with Crippen LogP contribution >= 0.6 is 0 Å². The van der Waals surface area contributed by atoms with Crippen molar-refractivity contribution in [2.75, 3.05) is 0 Å². The topological polar surface area (TPSA) is 58.2 Å². The van der Waals surface area contributed by atoms with Gasteiger partial charge in [-0.15, -0.1) is 0 Å². The van der Waals surface area contributed by atoms with Crippen molar-refractivity contribution < 1.29 is 9.59 Å². The second-order valence-corrected chi connectivity index (χ2v) is 4.85. The molecule has 0 aromatic carbocycles. The van der Waals surface area contributed by atoms with Crippen LogP contribution < -0.4 is 10.6 Å². The normalized spacial score (nSPS) is 40.6. The van der Waals surface area contributed by atoms with Crippen molar-refractivity contribution >= 4 is 11.8 Å². The highest BCUT2D eigenvalue weighted by Gasteiger charge is 2.45. The number of amides is 2. The van der Waals surface area contributed by atoms with Gasteiger partial charge in [-0.05, 0) is 13.8 Å². The smallest absolute Gasteiger partial charge is 0.228 e. The average molecular weight is 218 g/mol. The van der Waals surface area contributed by atoms with E-state index < -0.39 is 0 Å². The highest BCUT2D eigenvalue weighted by Crippen LogP contribution is 2.33. The summed E-state index contributed by atoms with van der Waals surface area (Å²) in [5.41, 5.74) is 2.29. The van der Waals surface area contributed by atoms with Crippen LogP contribution in [0.15, 0.2) is 23.3 Å². The minimum Gasteiger partial charge on any atom is -0.347 e. The van der Waals surface area contributed by atoms with Gasteiger partial charge in [0.25, 0.3) is 0 Å². The van der Waals surface area contributed by atoms with E-state index in [1.807, 2.05) is 26.0 Å². The van der Waals surface area contributed by atoms with Gasteiger partial charge in [-0.3, -0.25) is 9.59 Å². The quantitative estimate of drug-likeness (QED) is 0.567. The van der Waals surface area contributed by atoms with Gasteiger partial charge in [-0.2, -0.15) is 0 Å². The van der Waals surface area contributed by atoms with Crippen LogP contribution in [0.25, 0.3) is 0 Å². The SMILES string of the molecule is CC1=C[C@@H]2C(=O)N[C@H]1[C@H]1NC(=O)[C@@H]2C=C1C. The Labute approximate surface area is 93.8 Å². The molecule has 5 aliphatic heterocycles. The Kier molecular flexibility index (Phi) is 1.79. The molecule has 1 aliphatic carbocycles. The van der Waals surface area contributed by atoms with Gasteiger partial charge in [0.2, 0.25) is 11.8 Å². The molecule has 5 heterocycles. The maximum absolute atomic E-state index is 11.9. The Hall–Kier alpha value is -1.58. The van der Waals surface area contributed by atoms with E-state index in [0.717, 1.165) is 11.1 Å². The van der Waals surface area contributed by atoms with Gasteiger partial charge < -0.3 is 10.6 Å².